The van der Waals surface area contributed by atoms with Crippen molar-refractivity contribution in [1.82, 2.24) is 9.78 Å². The average Bonchev–Trinajstić information content (AvgIpc) is 2.63. The van der Waals surface area contributed by atoms with Gasteiger partial charge >= 0.3 is 0 Å². The van der Waals surface area contributed by atoms with E-state index in [0.717, 1.165) is 25.3 Å². The Morgan fingerprint density at radius 3 is 3.14 bits per heavy atom. The third-order valence-corrected chi connectivity index (χ3v) is 2.61. The molecule has 0 radical (unpaired) electrons. The molecule has 1 aromatic heterocycles. The van der Waals surface area contributed by atoms with E-state index in [1.54, 1.807) is 6.20 Å². The lowest BCUT2D eigenvalue weighted by Gasteiger charge is -2.22. The van der Waals surface area contributed by atoms with E-state index in [2.05, 4.69) is 5.10 Å². The second-order valence-electron chi connectivity index (χ2n) is 3.81. The molecule has 1 aliphatic rings. The van der Waals surface area contributed by atoms with Crippen LogP contribution < -0.4 is 5.73 Å². The molecule has 2 rings (SSSR count). The van der Waals surface area contributed by atoms with Crippen LogP contribution in [0.4, 0.5) is 5.69 Å². The van der Waals surface area contributed by atoms with Gasteiger partial charge in [0.15, 0.2) is 0 Å². The Morgan fingerprint density at radius 1 is 1.57 bits per heavy atom. The molecule has 0 aromatic carbocycles. The predicted molar refractivity (Wildman–Crippen MR) is 54.8 cm³/mol. The molecule has 1 atom stereocenters. The van der Waals surface area contributed by atoms with Crippen molar-refractivity contribution >= 4 is 5.69 Å². The summed E-state index contributed by atoms with van der Waals surface area (Å²) >= 11 is 0. The van der Waals surface area contributed by atoms with E-state index in [1.165, 1.54) is 19.3 Å². The fourth-order valence-corrected chi connectivity index (χ4v) is 1.81. The molecule has 1 aromatic rings. The number of nitrogen functional groups attached to an aromatic ring is 1. The average molecular weight is 195 g/mol. The molecule has 2 heterocycles. The molecule has 2 N–H and O–H groups in total. The van der Waals surface area contributed by atoms with Crippen molar-refractivity contribution in [3.63, 3.8) is 0 Å². The van der Waals surface area contributed by atoms with Crippen molar-refractivity contribution in [3.05, 3.63) is 12.4 Å². The molecule has 4 heteroatoms. The van der Waals surface area contributed by atoms with E-state index in [1.807, 2.05) is 10.9 Å². The standard InChI is InChI=1S/C10H17N3O/c11-9-7-12-13(8-9)5-4-10-3-1-2-6-14-10/h7-8,10H,1-6,11H2. The number of hydrogen-bond donors (Lipinski definition) is 1. The third kappa shape index (κ3) is 2.48. The predicted octanol–water partition coefficient (Wildman–Crippen LogP) is 1.42. The molecular weight excluding hydrogens is 178 g/mol. The summed E-state index contributed by atoms with van der Waals surface area (Å²) in [5, 5.41) is 4.14. The summed E-state index contributed by atoms with van der Waals surface area (Å²) in [5.74, 6) is 0. The molecule has 1 saturated heterocycles. The van der Waals surface area contributed by atoms with Gasteiger partial charge in [0.25, 0.3) is 0 Å². The van der Waals surface area contributed by atoms with Gasteiger partial charge in [-0.15, -0.1) is 0 Å². The van der Waals surface area contributed by atoms with Gasteiger partial charge in [-0.25, -0.2) is 0 Å². The molecule has 0 spiro atoms. The van der Waals surface area contributed by atoms with E-state index in [4.69, 9.17) is 10.5 Å². The Morgan fingerprint density at radius 2 is 2.50 bits per heavy atom. The molecule has 1 fully saturated rings. The van der Waals surface area contributed by atoms with Gasteiger partial charge in [0.05, 0.1) is 18.0 Å². The van der Waals surface area contributed by atoms with E-state index < -0.39 is 0 Å². The quantitative estimate of drug-likeness (QED) is 0.793. The maximum Gasteiger partial charge on any atom is 0.0719 e. The van der Waals surface area contributed by atoms with Crippen LogP contribution in [0.15, 0.2) is 12.4 Å². The first-order valence-electron chi connectivity index (χ1n) is 5.24. The summed E-state index contributed by atoms with van der Waals surface area (Å²) in [6.07, 6.45) is 8.72. The zero-order valence-corrected chi connectivity index (χ0v) is 8.35. The van der Waals surface area contributed by atoms with Crippen LogP contribution in [0.5, 0.6) is 0 Å². The smallest absolute Gasteiger partial charge is 0.0719 e. The maximum absolute atomic E-state index is 5.63. The van der Waals surface area contributed by atoms with Gasteiger partial charge in [0, 0.05) is 19.3 Å². The Labute approximate surface area is 84.0 Å². The van der Waals surface area contributed by atoms with Gasteiger partial charge in [0.1, 0.15) is 0 Å². The van der Waals surface area contributed by atoms with Crippen LogP contribution in [-0.2, 0) is 11.3 Å². The van der Waals surface area contributed by atoms with Crippen LogP contribution >= 0.6 is 0 Å². The van der Waals surface area contributed by atoms with Crippen molar-refractivity contribution in [2.45, 2.75) is 38.3 Å². The summed E-state index contributed by atoms with van der Waals surface area (Å²) in [6, 6.07) is 0. The zero-order chi connectivity index (χ0) is 9.80. The Hall–Kier alpha value is -1.03. The summed E-state index contributed by atoms with van der Waals surface area (Å²) in [6.45, 7) is 1.83. The molecule has 14 heavy (non-hydrogen) atoms. The highest BCUT2D eigenvalue weighted by atomic mass is 16.5. The number of ether oxygens (including phenoxy) is 1. The van der Waals surface area contributed by atoms with Gasteiger partial charge in [-0.05, 0) is 25.7 Å². The minimum absolute atomic E-state index is 0.425. The highest BCUT2D eigenvalue weighted by Crippen LogP contribution is 2.16. The van der Waals surface area contributed by atoms with Gasteiger partial charge in [-0.1, -0.05) is 0 Å². The maximum atomic E-state index is 5.63. The van der Waals surface area contributed by atoms with E-state index in [0.29, 0.717) is 6.10 Å². The topological polar surface area (TPSA) is 53.1 Å². The van der Waals surface area contributed by atoms with Crippen molar-refractivity contribution in [1.29, 1.82) is 0 Å². The van der Waals surface area contributed by atoms with Crippen LogP contribution in [0, 0.1) is 0 Å². The number of rotatable bonds is 3. The molecule has 0 amide bonds. The van der Waals surface area contributed by atoms with Crippen LogP contribution in [-0.4, -0.2) is 22.5 Å². The van der Waals surface area contributed by atoms with E-state index in [9.17, 15) is 0 Å². The largest absolute Gasteiger partial charge is 0.396 e. The lowest BCUT2D eigenvalue weighted by Crippen LogP contribution is -2.20. The van der Waals surface area contributed by atoms with Crippen LogP contribution in [0.2, 0.25) is 0 Å². The van der Waals surface area contributed by atoms with Crippen LogP contribution in [0.3, 0.4) is 0 Å². The van der Waals surface area contributed by atoms with Gasteiger partial charge < -0.3 is 10.5 Å². The Balaban J connectivity index is 1.76. The first-order chi connectivity index (χ1) is 6.84. The molecule has 1 aliphatic heterocycles. The highest BCUT2D eigenvalue weighted by molar-refractivity contribution is 5.30. The van der Waals surface area contributed by atoms with Gasteiger partial charge in [-0.3, -0.25) is 4.68 Å². The molecule has 0 aliphatic carbocycles. The van der Waals surface area contributed by atoms with E-state index >= 15 is 0 Å². The molecule has 78 valence electrons. The summed E-state index contributed by atoms with van der Waals surface area (Å²) < 4.78 is 7.52. The SMILES string of the molecule is Nc1cnn(CCC2CCCCO2)c1. The first kappa shape index (κ1) is 9.52. The zero-order valence-electron chi connectivity index (χ0n) is 8.35. The Bertz CT molecular complexity index is 279. The lowest BCUT2D eigenvalue weighted by molar-refractivity contribution is 0.00828. The lowest BCUT2D eigenvalue weighted by atomic mass is 10.1. The second-order valence-corrected chi connectivity index (χ2v) is 3.81. The number of aromatic nitrogens is 2. The molecule has 0 saturated carbocycles. The van der Waals surface area contributed by atoms with Crippen molar-refractivity contribution in [3.8, 4) is 0 Å². The summed E-state index contributed by atoms with van der Waals surface area (Å²) in [5.41, 5.74) is 6.30. The fourth-order valence-electron chi connectivity index (χ4n) is 1.81. The van der Waals surface area contributed by atoms with Crippen LogP contribution in [0.1, 0.15) is 25.7 Å². The molecule has 1 unspecified atom stereocenters. The molecular formula is C10H17N3O. The number of anilines is 1. The fraction of sp³-hybridized carbons (Fsp3) is 0.700. The first-order valence-corrected chi connectivity index (χ1v) is 5.24. The van der Waals surface area contributed by atoms with Crippen molar-refractivity contribution in [2.75, 3.05) is 12.3 Å². The minimum Gasteiger partial charge on any atom is -0.396 e. The molecule has 0 bridgehead atoms. The Kier molecular flexibility index (Phi) is 3.03. The normalized spacial score (nSPS) is 22.4. The molecule has 4 nitrogen and oxygen atoms in total. The number of hydrogen-bond acceptors (Lipinski definition) is 3. The summed E-state index contributed by atoms with van der Waals surface area (Å²) in [7, 11) is 0. The summed E-state index contributed by atoms with van der Waals surface area (Å²) in [4.78, 5) is 0. The van der Waals surface area contributed by atoms with Gasteiger partial charge in [-0.2, -0.15) is 5.10 Å². The highest BCUT2D eigenvalue weighted by Gasteiger charge is 2.13. The second kappa shape index (κ2) is 4.46. The minimum atomic E-state index is 0.425. The van der Waals surface area contributed by atoms with Crippen molar-refractivity contribution in [2.24, 2.45) is 0 Å². The number of nitrogens with zero attached hydrogens (tertiary/aromatic N) is 2. The number of aryl methyl sites for hydroxylation is 1. The monoisotopic (exact) mass is 195 g/mol. The van der Waals surface area contributed by atoms with Gasteiger partial charge in [0.2, 0.25) is 0 Å². The third-order valence-electron chi connectivity index (χ3n) is 2.61. The van der Waals surface area contributed by atoms with Crippen molar-refractivity contribution < 1.29 is 4.74 Å². The van der Waals surface area contributed by atoms with E-state index in [-0.39, 0.29) is 0 Å². The number of nitrogens with two attached hydrogens (primary N) is 1. The van der Waals surface area contributed by atoms with Crippen LogP contribution in [0.25, 0.3) is 0 Å².